The quantitative estimate of drug-likeness (QED) is 0.853. The number of carbonyl (C=O) groups is 2. The van der Waals surface area contributed by atoms with Crippen molar-refractivity contribution in [3.8, 4) is 0 Å². The Bertz CT molecular complexity index is 710. The lowest BCUT2D eigenvalue weighted by atomic mass is 10.0. The van der Waals surface area contributed by atoms with E-state index in [1.807, 2.05) is 31.2 Å². The van der Waals surface area contributed by atoms with Gasteiger partial charge in [0.2, 0.25) is 11.8 Å². The molecule has 1 atom stereocenters. The number of hydrogen-bond acceptors (Lipinski definition) is 3. The average molecular weight is 328 g/mol. The van der Waals surface area contributed by atoms with Gasteiger partial charge in [0.25, 0.3) is 0 Å². The van der Waals surface area contributed by atoms with Gasteiger partial charge in [-0.05, 0) is 48.4 Å². The topological polar surface area (TPSA) is 58.2 Å². The third kappa shape index (κ3) is 3.99. The van der Waals surface area contributed by atoms with E-state index in [0.29, 0.717) is 12.8 Å². The number of anilines is 1. The number of thiophene rings is 1. The van der Waals surface area contributed by atoms with E-state index in [1.54, 1.807) is 11.3 Å². The number of carbonyl (C=O) groups excluding carboxylic acids is 2. The van der Waals surface area contributed by atoms with Crippen molar-refractivity contribution in [3.05, 3.63) is 51.7 Å². The third-order valence-corrected chi connectivity index (χ3v) is 4.98. The largest absolute Gasteiger partial charge is 0.350 e. The minimum Gasteiger partial charge on any atom is -0.350 e. The maximum absolute atomic E-state index is 12.1. The van der Waals surface area contributed by atoms with Crippen LogP contribution in [0.2, 0.25) is 0 Å². The molecule has 4 nitrogen and oxygen atoms in total. The van der Waals surface area contributed by atoms with E-state index in [2.05, 4.69) is 22.1 Å². The molecular weight excluding hydrogens is 308 g/mol. The van der Waals surface area contributed by atoms with Gasteiger partial charge in [-0.25, -0.2) is 0 Å². The van der Waals surface area contributed by atoms with Crippen LogP contribution in [0, 0.1) is 0 Å². The minimum absolute atomic E-state index is 0.0300. The zero-order chi connectivity index (χ0) is 16.2. The van der Waals surface area contributed by atoms with Crippen molar-refractivity contribution >= 4 is 28.8 Å². The molecule has 2 aromatic rings. The van der Waals surface area contributed by atoms with Gasteiger partial charge in [-0.3, -0.25) is 9.59 Å². The molecule has 2 heterocycles. The predicted molar refractivity (Wildman–Crippen MR) is 92.6 cm³/mol. The van der Waals surface area contributed by atoms with Crippen LogP contribution in [0.4, 0.5) is 5.69 Å². The van der Waals surface area contributed by atoms with E-state index >= 15 is 0 Å². The summed E-state index contributed by atoms with van der Waals surface area (Å²) in [6.07, 6.45) is 2.77. The van der Waals surface area contributed by atoms with Crippen LogP contribution < -0.4 is 10.6 Å². The van der Waals surface area contributed by atoms with E-state index in [4.69, 9.17) is 0 Å². The molecule has 0 unspecified atom stereocenters. The van der Waals surface area contributed by atoms with Crippen molar-refractivity contribution in [2.45, 2.75) is 38.6 Å². The van der Waals surface area contributed by atoms with Gasteiger partial charge in [-0.2, -0.15) is 0 Å². The Labute approximate surface area is 139 Å². The van der Waals surface area contributed by atoms with Gasteiger partial charge in [-0.1, -0.05) is 18.2 Å². The molecule has 0 saturated carbocycles. The number of nitrogens with one attached hydrogen (secondary N) is 2. The van der Waals surface area contributed by atoms with Crippen molar-refractivity contribution in [1.29, 1.82) is 0 Å². The molecule has 120 valence electrons. The molecule has 5 heteroatoms. The minimum atomic E-state index is -0.0507. The summed E-state index contributed by atoms with van der Waals surface area (Å²) in [5.74, 6) is 0.103. The van der Waals surface area contributed by atoms with E-state index < -0.39 is 0 Å². The molecule has 0 fully saturated rings. The predicted octanol–water partition coefficient (Wildman–Crippen LogP) is 3.44. The highest BCUT2D eigenvalue weighted by molar-refractivity contribution is 7.09. The van der Waals surface area contributed by atoms with Gasteiger partial charge in [-0.15, -0.1) is 11.3 Å². The molecule has 3 rings (SSSR count). The molecule has 1 aromatic carbocycles. The standard InChI is InChI=1S/C18H20N2O2S/c1-12(13-7-8-16-14(10-13)11-18(22)20-16)19-17(21)6-2-4-15-5-3-9-23-15/h3,5,7-10,12H,2,4,6,11H2,1H3,(H,19,21)(H,20,22)/t12-/m0/s1. The van der Waals surface area contributed by atoms with Crippen molar-refractivity contribution < 1.29 is 9.59 Å². The van der Waals surface area contributed by atoms with Crippen molar-refractivity contribution in [2.24, 2.45) is 0 Å². The summed E-state index contributed by atoms with van der Waals surface area (Å²) in [5.41, 5.74) is 2.92. The summed E-state index contributed by atoms with van der Waals surface area (Å²) in [5, 5.41) is 7.92. The monoisotopic (exact) mass is 328 g/mol. The number of amides is 2. The fraction of sp³-hybridized carbons (Fsp3) is 0.333. The highest BCUT2D eigenvalue weighted by Crippen LogP contribution is 2.26. The first-order valence-electron chi connectivity index (χ1n) is 7.86. The van der Waals surface area contributed by atoms with E-state index in [-0.39, 0.29) is 17.9 Å². The normalized spacial score (nSPS) is 14.2. The fourth-order valence-corrected chi connectivity index (χ4v) is 3.54. The molecule has 1 aromatic heterocycles. The lowest BCUT2D eigenvalue weighted by molar-refractivity contribution is -0.121. The van der Waals surface area contributed by atoms with Gasteiger partial charge < -0.3 is 10.6 Å². The molecule has 0 saturated heterocycles. The van der Waals surface area contributed by atoms with Gasteiger partial charge >= 0.3 is 0 Å². The first kappa shape index (κ1) is 15.7. The van der Waals surface area contributed by atoms with Crippen LogP contribution in [-0.2, 0) is 22.4 Å². The third-order valence-electron chi connectivity index (χ3n) is 4.04. The first-order valence-corrected chi connectivity index (χ1v) is 8.74. The average Bonchev–Trinajstić information content (AvgIpc) is 3.14. The molecule has 0 bridgehead atoms. The highest BCUT2D eigenvalue weighted by atomic mass is 32.1. The lowest BCUT2D eigenvalue weighted by Gasteiger charge is -2.15. The Morgan fingerprint density at radius 2 is 2.26 bits per heavy atom. The SMILES string of the molecule is C[C@H](NC(=O)CCCc1cccs1)c1ccc2c(c1)CC(=O)N2. The lowest BCUT2D eigenvalue weighted by Crippen LogP contribution is -2.26. The van der Waals surface area contributed by atoms with Crippen LogP contribution in [-0.4, -0.2) is 11.8 Å². The second-order valence-electron chi connectivity index (χ2n) is 5.86. The Morgan fingerprint density at radius 1 is 1.39 bits per heavy atom. The van der Waals surface area contributed by atoms with Crippen LogP contribution in [0.15, 0.2) is 35.7 Å². The number of hydrogen-bond donors (Lipinski definition) is 2. The summed E-state index contributed by atoms with van der Waals surface area (Å²) >= 11 is 1.73. The van der Waals surface area contributed by atoms with Gasteiger partial charge in [0, 0.05) is 17.0 Å². The van der Waals surface area contributed by atoms with Crippen LogP contribution >= 0.6 is 11.3 Å². The van der Waals surface area contributed by atoms with Crippen molar-refractivity contribution in [1.82, 2.24) is 5.32 Å². The Kier molecular flexibility index (Phi) is 4.76. The van der Waals surface area contributed by atoms with E-state index in [1.165, 1.54) is 4.88 Å². The van der Waals surface area contributed by atoms with Gasteiger partial charge in [0.15, 0.2) is 0 Å². The smallest absolute Gasteiger partial charge is 0.228 e. The van der Waals surface area contributed by atoms with E-state index in [0.717, 1.165) is 29.7 Å². The highest BCUT2D eigenvalue weighted by Gasteiger charge is 2.19. The Balaban J connectivity index is 1.50. The van der Waals surface area contributed by atoms with Crippen molar-refractivity contribution in [3.63, 3.8) is 0 Å². The molecule has 23 heavy (non-hydrogen) atoms. The number of aryl methyl sites for hydroxylation is 1. The molecule has 0 radical (unpaired) electrons. The summed E-state index contributed by atoms with van der Waals surface area (Å²) in [6.45, 7) is 1.98. The Hall–Kier alpha value is -2.14. The summed E-state index contributed by atoms with van der Waals surface area (Å²) in [6, 6.07) is 9.96. The molecular formula is C18H20N2O2S. The van der Waals surface area contributed by atoms with Crippen LogP contribution in [0.1, 0.15) is 41.8 Å². The zero-order valence-electron chi connectivity index (χ0n) is 13.1. The summed E-state index contributed by atoms with van der Waals surface area (Å²) in [4.78, 5) is 24.8. The summed E-state index contributed by atoms with van der Waals surface area (Å²) in [7, 11) is 0. The maximum Gasteiger partial charge on any atom is 0.228 e. The number of fused-ring (bicyclic) bond motifs is 1. The molecule has 2 N–H and O–H groups in total. The molecule has 0 spiro atoms. The van der Waals surface area contributed by atoms with Crippen LogP contribution in [0.3, 0.4) is 0 Å². The Morgan fingerprint density at radius 3 is 3.04 bits per heavy atom. The molecule has 0 aliphatic carbocycles. The van der Waals surface area contributed by atoms with Crippen LogP contribution in [0.5, 0.6) is 0 Å². The number of rotatable bonds is 6. The molecule has 1 aliphatic heterocycles. The fourth-order valence-electron chi connectivity index (χ4n) is 2.79. The number of benzene rings is 1. The second kappa shape index (κ2) is 6.96. The van der Waals surface area contributed by atoms with E-state index in [9.17, 15) is 9.59 Å². The van der Waals surface area contributed by atoms with Gasteiger partial charge in [0.1, 0.15) is 0 Å². The van der Waals surface area contributed by atoms with Crippen molar-refractivity contribution in [2.75, 3.05) is 5.32 Å². The maximum atomic E-state index is 12.1. The van der Waals surface area contributed by atoms with Crippen LogP contribution in [0.25, 0.3) is 0 Å². The van der Waals surface area contributed by atoms with Gasteiger partial charge in [0.05, 0.1) is 12.5 Å². The molecule has 2 amide bonds. The second-order valence-corrected chi connectivity index (χ2v) is 6.90. The first-order chi connectivity index (χ1) is 11.1. The zero-order valence-corrected chi connectivity index (χ0v) is 13.9. The summed E-state index contributed by atoms with van der Waals surface area (Å²) < 4.78 is 0. The molecule has 1 aliphatic rings.